The van der Waals surface area contributed by atoms with E-state index in [4.69, 9.17) is 18.9 Å². The number of para-hydroxylation sites is 2. The number of carbonyl (C=O) groups is 1. The van der Waals surface area contributed by atoms with Gasteiger partial charge in [-0.1, -0.05) is 24.3 Å². The Hall–Kier alpha value is -4.48. The highest BCUT2D eigenvalue weighted by Crippen LogP contribution is 2.45. The van der Waals surface area contributed by atoms with Crippen LogP contribution in [-0.2, 0) is 17.7 Å². The van der Waals surface area contributed by atoms with Gasteiger partial charge in [-0.05, 0) is 80.1 Å². The number of aromatic nitrogens is 2. The average molecular weight is 651 g/mol. The van der Waals surface area contributed by atoms with Crippen LogP contribution in [0.15, 0.2) is 64.2 Å². The summed E-state index contributed by atoms with van der Waals surface area (Å²) in [5.74, 6) is 1.69. The number of carbonyl (C=O) groups excluding carboxylic acids is 1. The maximum absolute atomic E-state index is 14.3. The lowest BCUT2D eigenvalue weighted by atomic mass is 9.73. The molecule has 1 fully saturated rings. The van der Waals surface area contributed by atoms with Gasteiger partial charge >= 0.3 is 11.7 Å². The Morgan fingerprint density at radius 3 is 2.39 bits per heavy atom. The zero-order valence-electron chi connectivity index (χ0n) is 26.3. The standard InChI is InChI=1S/C34H38N4O7.ClH/c1-5-45-33(40)23-10-7-13-27(43-3)30(23)36-38-31-24(11-8-14-28(31)44-4)32(39)37(34(38)41)18-17-25-29-20(19-35-25)15-16-21-22(29)9-6-12-26(21)42-2;/h6-14,20,25,29,35-36H,5,15-19H2,1-4H3;1H. The number of hydrogen-bond donors (Lipinski definition) is 2. The topological polar surface area (TPSA) is 122 Å². The van der Waals surface area contributed by atoms with Crippen LogP contribution in [0.4, 0.5) is 5.69 Å². The minimum absolute atomic E-state index is 0. The fourth-order valence-corrected chi connectivity index (χ4v) is 7.02. The molecule has 0 saturated carbocycles. The lowest BCUT2D eigenvalue weighted by Crippen LogP contribution is -2.44. The summed E-state index contributed by atoms with van der Waals surface area (Å²) >= 11 is 0. The molecule has 1 aliphatic heterocycles. The Kier molecular flexibility index (Phi) is 9.93. The number of ether oxygens (including phenoxy) is 4. The number of anilines is 1. The Balaban J connectivity index is 0.00000417. The fourth-order valence-electron chi connectivity index (χ4n) is 7.02. The molecule has 46 heavy (non-hydrogen) atoms. The van der Waals surface area contributed by atoms with E-state index in [9.17, 15) is 14.4 Å². The summed E-state index contributed by atoms with van der Waals surface area (Å²) in [7, 11) is 4.65. The Bertz CT molecular complexity index is 1870. The highest BCUT2D eigenvalue weighted by atomic mass is 35.5. The first-order valence-electron chi connectivity index (χ1n) is 15.2. The summed E-state index contributed by atoms with van der Waals surface area (Å²) in [4.78, 5) is 41.1. The van der Waals surface area contributed by atoms with Gasteiger partial charge in [0.1, 0.15) is 28.5 Å². The lowest BCUT2D eigenvalue weighted by molar-refractivity contribution is 0.0527. The van der Waals surface area contributed by atoms with Crippen molar-refractivity contribution < 1.29 is 23.7 Å². The molecule has 1 aliphatic carbocycles. The molecule has 0 spiro atoms. The van der Waals surface area contributed by atoms with Crippen LogP contribution in [-0.4, -0.2) is 55.7 Å². The molecule has 1 saturated heterocycles. The van der Waals surface area contributed by atoms with Gasteiger partial charge in [0.15, 0.2) is 0 Å². The lowest BCUT2D eigenvalue weighted by Gasteiger charge is -2.32. The molecular formula is C34H39ClN4O7. The second-order valence-corrected chi connectivity index (χ2v) is 11.3. The molecule has 0 amide bonds. The van der Waals surface area contributed by atoms with E-state index in [0.717, 1.165) is 25.1 Å². The molecule has 2 heterocycles. The van der Waals surface area contributed by atoms with Crippen LogP contribution >= 0.6 is 12.4 Å². The summed E-state index contributed by atoms with van der Waals surface area (Å²) in [5.41, 5.74) is 5.25. The molecule has 0 bridgehead atoms. The Morgan fingerprint density at radius 2 is 1.65 bits per heavy atom. The summed E-state index contributed by atoms with van der Waals surface area (Å²) in [6, 6.07) is 16.3. The number of rotatable bonds is 10. The number of nitrogens with one attached hydrogen (secondary N) is 2. The molecule has 0 radical (unpaired) electrons. The zero-order valence-corrected chi connectivity index (χ0v) is 27.1. The van der Waals surface area contributed by atoms with Gasteiger partial charge in [-0.25, -0.2) is 9.59 Å². The van der Waals surface area contributed by atoms with Crippen LogP contribution in [0, 0.1) is 5.92 Å². The quantitative estimate of drug-likeness (QED) is 0.241. The van der Waals surface area contributed by atoms with Gasteiger partial charge in [-0.3, -0.25) is 14.8 Å². The van der Waals surface area contributed by atoms with Gasteiger partial charge in [0.2, 0.25) is 0 Å². The van der Waals surface area contributed by atoms with Gasteiger partial charge in [0.25, 0.3) is 5.56 Å². The molecule has 4 aromatic rings. The van der Waals surface area contributed by atoms with E-state index in [2.05, 4.69) is 16.8 Å². The van der Waals surface area contributed by atoms with Gasteiger partial charge in [-0.2, -0.15) is 4.68 Å². The first-order valence-corrected chi connectivity index (χ1v) is 15.2. The van der Waals surface area contributed by atoms with E-state index >= 15 is 0 Å². The van der Waals surface area contributed by atoms with Crippen molar-refractivity contribution in [2.75, 3.05) is 39.9 Å². The number of benzene rings is 3. The van der Waals surface area contributed by atoms with Gasteiger partial charge in [0.05, 0.1) is 38.9 Å². The van der Waals surface area contributed by atoms with Crippen molar-refractivity contribution in [2.24, 2.45) is 5.92 Å². The Morgan fingerprint density at radius 1 is 0.957 bits per heavy atom. The van der Waals surface area contributed by atoms with Crippen molar-refractivity contribution in [1.29, 1.82) is 0 Å². The normalized spacial score (nSPS) is 18.2. The van der Waals surface area contributed by atoms with E-state index in [-0.39, 0.29) is 54.3 Å². The zero-order chi connectivity index (χ0) is 31.7. The summed E-state index contributed by atoms with van der Waals surface area (Å²) < 4.78 is 24.6. The van der Waals surface area contributed by atoms with Gasteiger partial charge < -0.3 is 24.3 Å². The number of esters is 1. The summed E-state index contributed by atoms with van der Waals surface area (Å²) in [6.07, 6.45) is 2.58. The molecule has 3 unspecified atom stereocenters. The highest BCUT2D eigenvalue weighted by Gasteiger charge is 2.40. The molecule has 12 heteroatoms. The SMILES string of the molecule is CCOC(=O)c1cccc(OC)c1Nn1c(=O)n(CCC2NCC3CCc4c(OC)cccc4C32)c(=O)c2cccc(OC)c21.Cl. The first kappa shape index (κ1) is 32.9. The molecule has 2 aliphatic rings. The van der Waals surface area contributed by atoms with E-state index < -0.39 is 17.2 Å². The Labute approximate surface area is 272 Å². The monoisotopic (exact) mass is 650 g/mol. The minimum atomic E-state index is -0.599. The van der Waals surface area contributed by atoms with Crippen LogP contribution in [0.2, 0.25) is 0 Å². The van der Waals surface area contributed by atoms with Crippen LogP contribution in [0.25, 0.3) is 10.9 Å². The largest absolute Gasteiger partial charge is 0.496 e. The van der Waals surface area contributed by atoms with Crippen LogP contribution in [0.5, 0.6) is 17.2 Å². The molecule has 244 valence electrons. The van der Waals surface area contributed by atoms with Crippen LogP contribution in [0.3, 0.4) is 0 Å². The van der Waals surface area contributed by atoms with Crippen molar-refractivity contribution in [3.63, 3.8) is 0 Å². The smallest absolute Gasteiger partial charge is 0.350 e. The third-order valence-corrected chi connectivity index (χ3v) is 9.07. The van der Waals surface area contributed by atoms with E-state index in [1.165, 1.54) is 34.6 Å². The fraction of sp³-hybridized carbons (Fsp3) is 0.382. The molecule has 3 atom stereocenters. The average Bonchev–Trinajstić information content (AvgIpc) is 3.49. The second kappa shape index (κ2) is 13.9. The molecule has 2 N–H and O–H groups in total. The number of hydrogen-bond acceptors (Lipinski definition) is 9. The summed E-state index contributed by atoms with van der Waals surface area (Å²) in [6.45, 7) is 2.95. The van der Waals surface area contributed by atoms with E-state index in [1.54, 1.807) is 50.4 Å². The molecule has 3 aromatic carbocycles. The molecule has 1 aromatic heterocycles. The van der Waals surface area contributed by atoms with Crippen LogP contribution < -0.4 is 36.2 Å². The summed E-state index contributed by atoms with van der Waals surface area (Å²) in [5, 5.41) is 3.97. The van der Waals surface area contributed by atoms with Crippen LogP contribution in [0.1, 0.15) is 47.2 Å². The van der Waals surface area contributed by atoms with Crippen molar-refractivity contribution in [2.45, 2.75) is 44.7 Å². The van der Waals surface area contributed by atoms with Crippen molar-refractivity contribution in [3.8, 4) is 17.2 Å². The van der Waals surface area contributed by atoms with E-state index in [0.29, 0.717) is 29.2 Å². The van der Waals surface area contributed by atoms with Gasteiger partial charge in [-0.15, -0.1) is 12.4 Å². The third kappa shape index (κ3) is 5.69. The maximum atomic E-state index is 14.3. The maximum Gasteiger partial charge on any atom is 0.350 e. The number of halogens is 1. The van der Waals surface area contributed by atoms with E-state index in [1.807, 2.05) is 12.1 Å². The number of fused-ring (bicyclic) bond motifs is 4. The molecule has 11 nitrogen and oxygen atoms in total. The van der Waals surface area contributed by atoms with Crippen molar-refractivity contribution in [3.05, 3.63) is 92.1 Å². The number of methoxy groups -OCH3 is 3. The van der Waals surface area contributed by atoms with Gasteiger partial charge in [0, 0.05) is 18.5 Å². The minimum Gasteiger partial charge on any atom is -0.496 e. The highest BCUT2D eigenvalue weighted by molar-refractivity contribution is 5.97. The van der Waals surface area contributed by atoms with Crippen molar-refractivity contribution in [1.82, 2.24) is 14.6 Å². The molecule has 6 rings (SSSR count). The predicted octanol–water partition coefficient (Wildman–Crippen LogP) is 4.37. The number of nitrogens with zero attached hydrogens (tertiary/aromatic N) is 2. The predicted molar refractivity (Wildman–Crippen MR) is 178 cm³/mol. The van der Waals surface area contributed by atoms with Crippen molar-refractivity contribution >= 4 is 35.0 Å². The first-order chi connectivity index (χ1) is 21.9. The molecular weight excluding hydrogens is 612 g/mol. The second-order valence-electron chi connectivity index (χ2n) is 11.3. The third-order valence-electron chi connectivity index (χ3n) is 9.07.